The molecule has 0 unspecified atom stereocenters. The van der Waals surface area contributed by atoms with Crippen LogP contribution in [0.1, 0.15) is 12.0 Å². The van der Waals surface area contributed by atoms with Gasteiger partial charge in [-0.25, -0.2) is 0 Å². The Morgan fingerprint density at radius 1 is 1.27 bits per heavy atom. The Balaban J connectivity index is 1.68. The summed E-state index contributed by atoms with van der Waals surface area (Å²) in [6.45, 7) is 2.13. The van der Waals surface area contributed by atoms with Crippen LogP contribution in [0.5, 0.6) is 0 Å². The van der Waals surface area contributed by atoms with Gasteiger partial charge < -0.3 is 10.2 Å². The molecule has 0 spiro atoms. The highest BCUT2D eigenvalue weighted by Gasteiger charge is 2.35. The first kappa shape index (κ1) is 17.9. The topological polar surface area (TPSA) is 92.6 Å². The van der Waals surface area contributed by atoms with Crippen LogP contribution < -0.4 is 10.2 Å². The fourth-order valence-corrected chi connectivity index (χ4v) is 2.97. The molecule has 0 bridgehead atoms. The van der Waals surface area contributed by atoms with Crippen molar-refractivity contribution < 1.29 is 14.5 Å². The average Bonchev–Trinajstić information content (AvgIpc) is 3.00. The van der Waals surface area contributed by atoms with Gasteiger partial charge in [-0.15, -0.1) is 0 Å². The summed E-state index contributed by atoms with van der Waals surface area (Å²) in [5, 5.41) is 13.9. The Hall–Kier alpha value is -2.93. The van der Waals surface area contributed by atoms with Gasteiger partial charge in [0.05, 0.1) is 10.8 Å². The van der Waals surface area contributed by atoms with E-state index in [1.54, 1.807) is 17.0 Å². The summed E-state index contributed by atoms with van der Waals surface area (Å²) in [4.78, 5) is 36.4. The molecule has 26 heavy (non-hydrogen) atoms. The second-order valence-electron chi connectivity index (χ2n) is 6.13. The number of anilines is 2. The van der Waals surface area contributed by atoms with Crippen molar-refractivity contribution >= 4 is 40.5 Å². The van der Waals surface area contributed by atoms with Crippen molar-refractivity contribution in [1.82, 2.24) is 0 Å². The minimum atomic E-state index is -0.508. The highest BCUT2D eigenvalue weighted by Crippen LogP contribution is 2.29. The van der Waals surface area contributed by atoms with E-state index >= 15 is 0 Å². The van der Waals surface area contributed by atoms with Gasteiger partial charge in [-0.05, 0) is 36.8 Å². The Kier molecular flexibility index (Phi) is 4.90. The Morgan fingerprint density at radius 3 is 2.58 bits per heavy atom. The van der Waals surface area contributed by atoms with Gasteiger partial charge in [0.15, 0.2) is 0 Å². The molecule has 1 saturated heterocycles. The fraction of sp³-hybridized carbons (Fsp3) is 0.222. The Morgan fingerprint density at radius 2 is 1.96 bits per heavy atom. The van der Waals surface area contributed by atoms with Gasteiger partial charge >= 0.3 is 0 Å². The summed E-state index contributed by atoms with van der Waals surface area (Å²) < 4.78 is 0. The lowest BCUT2D eigenvalue weighted by atomic mass is 10.1. The third-order valence-electron chi connectivity index (χ3n) is 4.31. The summed E-state index contributed by atoms with van der Waals surface area (Å²) in [5.74, 6) is -0.945. The smallest absolute Gasteiger partial charge is 0.269 e. The lowest BCUT2D eigenvalue weighted by Crippen LogP contribution is -2.28. The van der Waals surface area contributed by atoms with Crippen LogP contribution >= 0.6 is 11.6 Å². The number of rotatable bonds is 4. The van der Waals surface area contributed by atoms with E-state index < -0.39 is 10.8 Å². The van der Waals surface area contributed by atoms with E-state index in [9.17, 15) is 19.7 Å². The zero-order valence-electron chi connectivity index (χ0n) is 13.9. The molecule has 1 heterocycles. The number of nitrogens with one attached hydrogen (secondary N) is 1. The number of benzene rings is 2. The monoisotopic (exact) mass is 373 g/mol. The van der Waals surface area contributed by atoms with Gasteiger partial charge in [-0.1, -0.05) is 17.7 Å². The van der Waals surface area contributed by atoms with E-state index in [0.29, 0.717) is 16.4 Å². The highest BCUT2D eigenvalue weighted by molar-refractivity contribution is 6.31. The van der Waals surface area contributed by atoms with Crippen LogP contribution in [-0.4, -0.2) is 23.3 Å². The number of amides is 2. The van der Waals surface area contributed by atoms with Gasteiger partial charge in [0, 0.05) is 41.5 Å². The fourth-order valence-electron chi connectivity index (χ4n) is 2.79. The number of hydrogen-bond donors (Lipinski definition) is 1. The molecular formula is C18H16ClN3O4. The van der Waals surface area contributed by atoms with Crippen LogP contribution in [-0.2, 0) is 9.59 Å². The van der Waals surface area contributed by atoms with Crippen LogP contribution in [0.15, 0.2) is 42.5 Å². The van der Waals surface area contributed by atoms with Crippen molar-refractivity contribution in [1.29, 1.82) is 0 Å². The summed E-state index contributed by atoms with van der Waals surface area (Å²) in [5.41, 5.74) is 1.97. The molecule has 0 radical (unpaired) electrons. The molecule has 0 aliphatic carbocycles. The quantitative estimate of drug-likeness (QED) is 0.655. The van der Waals surface area contributed by atoms with Crippen molar-refractivity contribution in [3.05, 3.63) is 63.2 Å². The van der Waals surface area contributed by atoms with Crippen molar-refractivity contribution in [2.24, 2.45) is 5.92 Å². The average molecular weight is 374 g/mol. The number of nitro benzene ring substituents is 1. The molecule has 3 rings (SSSR count). The van der Waals surface area contributed by atoms with Crippen molar-refractivity contribution in [3.8, 4) is 0 Å². The number of carbonyl (C=O) groups is 2. The van der Waals surface area contributed by atoms with Crippen molar-refractivity contribution in [2.75, 3.05) is 16.8 Å². The second kappa shape index (κ2) is 7.13. The molecule has 7 nitrogen and oxygen atoms in total. The van der Waals surface area contributed by atoms with Crippen LogP contribution in [0.4, 0.5) is 17.1 Å². The number of hydrogen-bond acceptors (Lipinski definition) is 4. The lowest BCUT2D eigenvalue weighted by Gasteiger charge is -2.17. The van der Waals surface area contributed by atoms with E-state index in [1.807, 2.05) is 13.0 Å². The van der Waals surface area contributed by atoms with E-state index in [1.165, 1.54) is 24.3 Å². The number of halogens is 1. The maximum absolute atomic E-state index is 12.4. The van der Waals surface area contributed by atoms with Gasteiger partial charge in [-0.2, -0.15) is 0 Å². The first-order chi connectivity index (χ1) is 12.3. The number of aryl methyl sites for hydroxylation is 1. The predicted octanol–water partition coefficient (Wildman–Crippen LogP) is 3.55. The normalized spacial score (nSPS) is 16.6. The molecule has 1 fully saturated rings. The minimum absolute atomic E-state index is 0.0542. The second-order valence-corrected chi connectivity index (χ2v) is 6.54. The van der Waals surface area contributed by atoms with Crippen LogP contribution in [0.2, 0.25) is 5.02 Å². The SMILES string of the molecule is Cc1ccc(N2C[C@H](C(=O)Nc3ccc([N+](=O)[O-])cc3)CC2=O)cc1Cl. The predicted molar refractivity (Wildman–Crippen MR) is 98.4 cm³/mol. The summed E-state index contributed by atoms with van der Waals surface area (Å²) in [7, 11) is 0. The van der Waals surface area contributed by atoms with E-state index in [4.69, 9.17) is 11.6 Å². The summed E-state index contributed by atoms with van der Waals surface area (Å²) in [6.07, 6.45) is 0.101. The Bertz CT molecular complexity index is 883. The maximum Gasteiger partial charge on any atom is 0.269 e. The lowest BCUT2D eigenvalue weighted by molar-refractivity contribution is -0.384. The van der Waals surface area contributed by atoms with E-state index in [0.717, 1.165) is 5.56 Å². The largest absolute Gasteiger partial charge is 0.326 e. The number of nitrogens with zero attached hydrogens (tertiary/aromatic N) is 2. The van der Waals surface area contributed by atoms with Gasteiger partial charge in [-0.3, -0.25) is 19.7 Å². The summed E-state index contributed by atoms with van der Waals surface area (Å²) in [6, 6.07) is 10.9. The standard InChI is InChI=1S/C18H16ClN3O4/c1-11-2-5-15(9-16(11)19)21-10-12(8-17(21)23)18(24)20-13-3-6-14(7-4-13)22(25)26/h2-7,9,12H,8,10H2,1H3,(H,20,24)/t12-/m1/s1. The minimum Gasteiger partial charge on any atom is -0.326 e. The molecule has 134 valence electrons. The van der Waals surface area contributed by atoms with Crippen LogP contribution in [0.25, 0.3) is 0 Å². The zero-order valence-corrected chi connectivity index (χ0v) is 14.7. The molecule has 1 atom stereocenters. The van der Waals surface area contributed by atoms with E-state index in [2.05, 4.69) is 5.32 Å². The number of carbonyl (C=O) groups excluding carboxylic acids is 2. The summed E-state index contributed by atoms with van der Waals surface area (Å²) >= 11 is 6.12. The third-order valence-corrected chi connectivity index (χ3v) is 4.72. The molecule has 1 N–H and O–H groups in total. The van der Waals surface area contributed by atoms with Crippen molar-refractivity contribution in [2.45, 2.75) is 13.3 Å². The van der Waals surface area contributed by atoms with Gasteiger partial charge in [0.1, 0.15) is 0 Å². The molecule has 2 amide bonds. The first-order valence-electron chi connectivity index (χ1n) is 7.97. The first-order valence-corrected chi connectivity index (χ1v) is 8.35. The van der Waals surface area contributed by atoms with Gasteiger partial charge in [0.25, 0.3) is 5.69 Å². The maximum atomic E-state index is 12.4. The molecule has 1 aliphatic heterocycles. The molecule has 0 saturated carbocycles. The van der Waals surface area contributed by atoms with E-state index in [-0.39, 0.29) is 30.5 Å². The van der Waals surface area contributed by atoms with Crippen LogP contribution in [0.3, 0.4) is 0 Å². The van der Waals surface area contributed by atoms with Crippen molar-refractivity contribution in [3.63, 3.8) is 0 Å². The molecular weight excluding hydrogens is 358 g/mol. The zero-order chi connectivity index (χ0) is 18.8. The number of non-ortho nitro benzene ring substituents is 1. The molecule has 2 aromatic rings. The molecule has 1 aliphatic rings. The molecule has 0 aromatic heterocycles. The molecule has 2 aromatic carbocycles. The van der Waals surface area contributed by atoms with Crippen LogP contribution in [0, 0.1) is 23.0 Å². The molecule has 8 heteroatoms. The highest BCUT2D eigenvalue weighted by atomic mass is 35.5. The number of nitro groups is 1. The Labute approximate surface area is 154 Å². The third kappa shape index (κ3) is 3.67. The van der Waals surface area contributed by atoms with Gasteiger partial charge in [0.2, 0.25) is 11.8 Å².